The average Bonchev–Trinajstić information content (AvgIpc) is 3.21. The summed E-state index contributed by atoms with van der Waals surface area (Å²) in [7, 11) is 1.65. The Kier molecular flexibility index (Phi) is 4.55. The van der Waals surface area contributed by atoms with Gasteiger partial charge in [-0.2, -0.15) is 0 Å². The van der Waals surface area contributed by atoms with Crippen molar-refractivity contribution in [3.63, 3.8) is 0 Å². The van der Waals surface area contributed by atoms with Crippen LogP contribution in [0.25, 0.3) is 33.3 Å². The highest BCUT2D eigenvalue weighted by atomic mass is 19.1. The van der Waals surface area contributed by atoms with E-state index in [1.165, 1.54) is 10.6 Å². The van der Waals surface area contributed by atoms with Gasteiger partial charge in [0.25, 0.3) is 11.5 Å². The van der Waals surface area contributed by atoms with Crippen molar-refractivity contribution < 1.29 is 13.6 Å². The molecule has 0 saturated heterocycles. The third-order valence-electron chi connectivity index (χ3n) is 5.32. The monoisotopic (exact) mass is 430 g/mol. The number of fused-ring (bicyclic) bond motifs is 2. The van der Waals surface area contributed by atoms with E-state index in [2.05, 4.69) is 15.3 Å². The summed E-state index contributed by atoms with van der Waals surface area (Å²) >= 11 is 0. The molecule has 2 N–H and O–H groups in total. The molecule has 5 rings (SSSR count). The minimum atomic E-state index is -0.600. The number of hydrogen-bond acceptors (Lipinski definition) is 3. The van der Waals surface area contributed by atoms with Crippen molar-refractivity contribution in [2.45, 2.75) is 0 Å². The second-order valence-electron chi connectivity index (χ2n) is 7.37. The molecule has 6 nitrogen and oxygen atoms in total. The first-order chi connectivity index (χ1) is 15.4. The van der Waals surface area contributed by atoms with Crippen LogP contribution in [-0.4, -0.2) is 20.4 Å². The maximum Gasteiger partial charge on any atom is 0.256 e. The maximum absolute atomic E-state index is 14.1. The van der Waals surface area contributed by atoms with Crippen molar-refractivity contribution in [3.05, 3.63) is 94.3 Å². The lowest BCUT2D eigenvalue weighted by Gasteiger charge is -2.10. The molecule has 0 aliphatic heterocycles. The van der Waals surface area contributed by atoms with E-state index in [0.717, 1.165) is 18.2 Å². The van der Waals surface area contributed by atoms with Gasteiger partial charge in [0.15, 0.2) is 0 Å². The van der Waals surface area contributed by atoms with E-state index < -0.39 is 17.5 Å². The number of aromatic amines is 1. The lowest BCUT2D eigenvalue weighted by Crippen LogP contribution is -2.21. The van der Waals surface area contributed by atoms with Gasteiger partial charge in [0.05, 0.1) is 27.7 Å². The van der Waals surface area contributed by atoms with Crippen molar-refractivity contribution in [1.29, 1.82) is 0 Å². The van der Waals surface area contributed by atoms with Crippen LogP contribution < -0.4 is 10.9 Å². The molecule has 5 aromatic rings. The second kappa shape index (κ2) is 7.42. The van der Waals surface area contributed by atoms with Gasteiger partial charge in [0.1, 0.15) is 17.5 Å². The summed E-state index contributed by atoms with van der Waals surface area (Å²) in [6.45, 7) is 0. The SMILES string of the molecule is Cn1c(=O)cc(C(=O)Nc2ccc3nc(-c4cc(F)ccc4F)[nH]c3c2)c2ccccc21. The predicted octanol–water partition coefficient (Wildman–Crippen LogP) is 4.61. The van der Waals surface area contributed by atoms with Crippen LogP contribution in [0.3, 0.4) is 0 Å². The van der Waals surface area contributed by atoms with Crippen LogP contribution in [0.2, 0.25) is 0 Å². The second-order valence-corrected chi connectivity index (χ2v) is 7.37. The van der Waals surface area contributed by atoms with E-state index in [1.807, 2.05) is 0 Å². The van der Waals surface area contributed by atoms with E-state index in [9.17, 15) is 18.4 Å². The van der Waals surface area contributed by atoms with Crippen LogP contribution >= 0.6 is 0 Å². The Balaban J connectivity index is 1.51. The Bertz CT molecular complexity index is 1590. The van der Waals surface area contributed by atoms with Crippen LogP contribution in [0, 0.1) is 11.6 Å². The Morgan fingerprint density at radius 1 is 1.03 bits per heavy atom. The number of amides is 1. The fourth-order valence-electron chi connectivity index (χ4n) is 3.69. The van der Waals surface area contributed by atoms with Gasteiger partial charge in [-0.1, -0.05) is 18.2 Å². The molecule has 0 aliphatic carbocycles. The third-order valence-corrected chi connectivity index (χ3v) is 5.32. The minimum Gasteiger partial charge on any atom is -0.338 e. The molecule has 0 bridgehead atoms. The number of imidazole rings is 1. The fourth-order valence-corrected chi connectivity index (χ4v) is 3.69. The van der Waals surface area contributed by atoms with Crippen LogP contribution in [0.4, 0.5) is 14.5 Å². The summed E-state index contributed by atoms with van der Waals surface area (Å²) in [5.74, 6) is -1.43. The van der Waals surface area contributed by atoms with Crippen LogP contribution in [0.1, 0.15) is 10.4 Å². The summed E-state index contributed by atoms with van der Waals surface area (Å²) in [5, 5.41) is 3.44. The van der Waals surface area contributed by atoms with Crippen molar-refractivity contribution >= 4 is 33.5 Å². The number of hydrogen-bond donors (Lipinski definition) is 2. The Morgan fingerprint density at radius 2 is 1.84 bits per heavy atom. The summed E-state index contributed by atoms with van der Waals surface area (Å²) in [6.07, 6.45) is 0. The van der Waals surface area contributed by atoms with Gasteiger partial charge in [-0.15, -0.1) is 0 Å². The van der Waals surface area contributed by atoms with Gasteiger partial charge in [-0.25, -0.2) is 13.8 Å². The molecule has 2 aromatic heterocycles. The molecule has 0 atom stereocenters. The first-order valence-electron chi connectivity index (χ1n) is 9.76. The zero-order valence-corrected chi connectivity index (χ0v) is 16.8. The molecule has 0 fully saturated rings. The quantitative estimate of drug-likeness (QED) is 0.439. The standard InChI is InChI=1S/C24H16F2N4O2/c1-30-21-5-3-2-4-15(21)16(12-22(30)31)24(32)27-14-7-9-19-20(11-14)29-23(28-19)17-10-13(25)6-8-18(17)26/h2-12H,1H3,(H,27,32)(H,28,29). The van der Waals surface area contributed by atoms with Crippen molar-refractivity contribution in [2.24, 2.45) is 7.05 Å². The number of carbonyl (C=O) groups excluding carboxylic acids is 1. The van der Waals surface area contributed by atoms with Gasteiger partial charge in [-0.3, -0.25) is 9.59 Å². The number of nitrogens with zero attached hydrogens (tertiary/aromatic N) is 2. The minimum absolute atomic E-state index is 0.0124. The van der Waals surface area contributed by atoms with Crippen LogP contribution in [0.15, 0.2) is 71.5 Å². The topological polar surface area (TPSA) is 79.8 Å². The molecule has 0 unspecified atom stereocenters. The van der Waals surface area contributed by atoms with E-state index >= 15 is 0 Å². The summed E-state index contributed by atoms with van der Waals surface area (Å²) in [4.78, 5) is 32.5. The average molecular weight is 430 g/mol. The maximum atomic E-state index is 14.1. The number of aromatic nitrogens is 3. The predicted molar refractivity (Wildman–Crippen MR) is 119 cm³/mol. The number of H-pyrrole nitrogens is 1. The number of para-hydroxylation sites is 1. The molecular weight excluding hydrogens is 414 g/mol. The number of halogens is 2. The molecule has 8 heteroatoms. The van der Waals surface area contributed by atoms with Crippen molar-refractivity contribution in [2.75, 3.05) is 5.32 Å². The summed E-state index contributed by atoms with van der Waals surface area (Å²) in [5.41, 5.74) is 2.16. The molecule has 0 radical (unpaired) electrons. The molecular formula is C24H16F2N4O2. The molecule has 0 aliphatic rings. The number of aryl methyl sites for hydroxylation is 1. The zero-order chi connectivity index (χ0) is 22.4. The zero-order valence-electron chi connectivity index (χ0n) is 16.8. The largest absolute Gasteiger partial charge is 0.338 e. The van der Waals surface area contributed by atoms with E-state index in [4.69, 9.17) is 0 Å². The number of pyridine rings is 1. The Hall–Kier alpha value is -4.33. The van der Waals surface area contributed by atoms with Gasteiger partial charge < -0.3 is 14.9 Å². The van der Waals surface area contributed by atoms with E-state index in [1.54, 1.807) is 49.5 Å². The number of nitrogens with one attached hydrogen (secondary N) is 2. The van der Waals surface area contributed by atoms with Crippen molar-refractivity contribution in [1.82, 2.24) is 14.5 Å². The van der Waals surface area contributed by atoms with Gasteiger partial charge in [-0.05, 0) is 42.5 Å². The first-order valence-corrected chi connectivity index (χ1v) is 9.76. The Labute approximate surface area is 180 Å². The number of anilines is 1. The first kappa shape index (κ1) is 19.6. The molecule has 158 valence electrons. The van der Waals surface area contributed by atoms with E-state index in [0.29, 0.717) is 27.6 Å². The Morgan fingerprint density at radius 3 is 2.69 bits per heavy atom. The highest BCUT2D eigenvalue weighted by molar-refractivity contribution is 6.12. The third kappa shape index (κ3) is 3.31. The molecule has 2 heterocycles. The normalized spacial score (nSPS) is 11.2. The molecule has 32 heavy (non-hydrogen) atoms. The lowest BCUT2D eigenvalue weighted by atomic mass is 10.1. The number of carbonyl (C=O) groups is 1. The summed E-state index contributed by atoms with van der Waals surface area (Å²) < 4.78 is 29.1. The lowest BCUT2D eigenvalue weighted by molar-refractivity contribution is 0.102. The molecule has 3 aromatic carbocycles. The summed E-state index contributed by atoms with van der Waals surface area (Å²) in [6, 6.07) is 16.5. The molecule has 0 spiro atoms. The molecule has 0 saturated carbocycles. The number of benzene rings is 3. The van der Waals surface area contributed by atoms with Crippen LogP contribution in [0.5, 0.6) is 0 Å². The smallest absolute Gasteiger partial charge is 0.256 e. The molecule has 1 amide bonds. The van der Waals surface area contributed by atoms with Gasteiger partial charge in [0.2, 0.25) is 0 Å². The van der Waals surface area contributed by atoms with Crippen LogP contribution in [-0.2, 0) is 7.05 Å². The highest BCUT2D eigenvalue weighted by Crippen LogP contribution is 2.26. The van der Waals surface area contributed by atoms with E-state index in [-0.39, 0.29) is 22.5 Å². The van der Waals surface area contributed by atoms with Gasteiger partial charge >= 0.3 is 0 Å². The fraction of sp³-hybridized carbons (Fsp3) is 0.0417. The number of rotatable bonds is 3. The van der Waals surface area contributed by atoms with Crippen molar-refractivity contribution in [3.8, 4) is 11.4 Å². The highest BCUT2D eigenvalue weighted by Gasteiger charge is 2.15. The van der Waals surface area contributed by atoms with Gasteiger partial charge in [0, 0.05) is 24.2 Å².